The fraction of sp³-hybridized carbons (Fsp3) is 0.355. The highest BCUT2D eigenvalue weighted by atomic mass is 16.2. The lowest BCUT2D eigenvalue weighted by Gasteiger charge is -2.32. The summed E-state index contributed by atoms with van der Waals surface area (Å²) in [5, 5.41) is 6.08. The van der Waals surface area contributed by atoms with Gasteiger partial charge in [-0.3, -0.25) is 14.5 Å². The number of piperazine rings is 1. The lowest BCUT2D eigenvalue weighted by molar-refractivity contribution is 0.0943. The summed E-state index contributed by atoms with van der Waals surface area (Å²) in [5.74, 6) is -0.116. The predicted octanol–water partition coefficient (Wildman–Crippen LogP) is 4.23. The minimum atomic E-state index is -0.0950. The van der Waals surface area contributed by atoms with E-state index in [0.717, 1.165) is 67.8 Å². The van der Waals surface area contributed by atoms with Crippen LogP contribution in [-0.4, -0.2) is 60.9 Å². The number of hydrogen-bond acceptors (Lipinski definition) is 4. The molecule has 2 fully saturated rings. The maximum atomic E-state index is 12.8. The van der Waals surface area contributed by atoms with Crippen LogP contribution in [0.5, 0.6) is 0 Å². The van der Waals surface area contributed by atoms with Crippen molar-refractivity contribution < 1.29 is 9.59 Å². The Morgan fingerprint density at radius 1 is 0.811 bits per heavy atom. The molecular weight excluding hydrogens is 460 g/mol. The lowest BCUT2D eigenvalue weighted by Crippen LogP contribution is -2.43. The summed E-state index contributed by atoms with van der Waals surface area (Å²) in [7, 11) is 2.17. The zero-order valence-corrected chi connectivity index (χ0v) is 21.8. The number of hydrogen-bond donors (Lipinski definition) is 2. The summed E-state index contributed by atoms with van der Waals surface area (Å²) >= 11 is 0. The minimum absolute atomic E-state index is 0.0212. The maximum absolute atomic E-state index is 12.8. The van der Waals surface area contributed by atoms with Crippen molar-refractivity contribution in [2.24, 2.45) is 0 Å². The third-order valence-corrected chi connectivity index (χ3v) is 7.35. The van der Waals surface area contributed by atoms with Crippen LogP contribution in [0.4, 0.5) is 0 Å². The first-order valence-electron chi connectivity index (χ1n) is 13.2. The maximum Gasteiger partial charge on any atom is 0.251 e. The van der Waals surface area contributed by atoms with Gasteiger partial charge in [-0.15, -0.1) is 0 Å². The topological polar surface area (TPSA) is 64.7 Å². The van der Waals surface area contributed by atoms with Gasteiger partial charge in [-0.25, -0.2) is 0 Å². The Labute approximate surface area is 219 Å². The van der Waals surface area contributed by atoms with E-state index < -0.39 is 0 Å². The second-order valence-corrected chi connectivity index (χ2v) is 10.4. The smallest absolute Gasteiger partial charge is 0.251 e. The van der Waals surface area contributed by atoms with Gasteiger partial charge in [0.15, 0.2) is 0 Å². The van der Waals surface area contributed by atoms with Crippen LogP contribution in [0.2, 0.25) is 0 Å². The second-order valence-electron chi connectivity index (χ2n) is 10.4. The fourth-order valence-electron chi connectivity index (χ4n) is 4.68. The highest BCUT2D eigenvalue weighted by Crippen LogP contribution is 2.26. The number of rotatable bonds is 8. The van der Waals surface area contributed by atoms with Gasteiger partial charge in [0.2, 0.25) is 0 Å². The SMILES string of the molecule is Cc1ccc(C(=O)NC2CC2)cc1-c1ccc(C(=O)NCc2ccc(CN3CCN(C)CC3)cc2)cc1. The molecule has 0 bridgehead atoms. The van der Waals surface area contributed by atoms with Gasteiger partial charge in [0.05, 0.1) is 0 Å². The molecule has 3 aromatic carbocycles. The van der Waals surface area contributed by atoms with E-state index in [0.29, 0.717) is 23.7 Å². The number of nitrogens with zero attached hydrogens (tertiary/aromatic N) is 2. The number of benzene rings is 3. The Hall–Kier alpha value is -3.48. The normalized spacial score (nSPS) is 16.4. The van der Waals surface area contributed by atoms with Gasteiger partial charge >= 0.3 is 0 Å². The van der Waals surface area contributed by atoms with Crippen molar-refractivity contribution in [3.8, 4) is 11.1 Å². The van der Waals surface area contributed by atoms with Gasteiger partial charge in [-0.05, 0) is 78.9 Å². The van der Waals surface area contributed by atoms with Gasteiger partial charge in [0, 0.05) is 56.4 Å². The van der Waals surface area contributed by atoms with Crippen molar-refractivity contribution in [1.29, 1.82) is 0 Å². The predicted molar refractivity (Wildman–Crippen MR) is 147 cm³/mol. The highest BCUT2D eigenvalue weighted by Gasteiger charge is 2.24. The average Bonchev–Trinajstić information content (AvgIpc) is 3.74. The molecule has 2 N–H and O–H groups in total. The molecule has 2 amide bonds. The molecule has 6 nitrogen and oxygen atoms in total. The molecule has 1 saturated carbocycles. The van der Waals surface area contributed by atoms with E-state index >= 15 is 0 Å². The Bertz CT molecular complexity index is 1240. The molecule has 1 saturated heterocycles. The van der Waals surface area contributed by atoms with Crippen molar-refractivity contribution in [3.63, 3.8) is 0 Å². The van der Waals surface area contributed by atoms with Crippen molar-refractivity contribution in [3.05, 3.63) is 94.5 Å². The van der Waals surface area contributed by atoms with Crippen LogP contribution in [0.3, 0.4) is 0 Å². The molecule has 1 aliphatic heterocycles. The summed E-state index contributed by atoms with van der Waals surface area (Å²) in [6.07, 6.45) is 2.13. The van der Waals surface area contributed by atoms with E-state index in [9.17, 15) is 9.59 Å². The lowest BCUT2D eigenvalue weighted by atomic mass is 9.97. The number of carbonyl (C=O) groups excluding carboxylic acids is 2. The average molecular weight is 497 g/mol. The summed E-state index contributed by atoms with van der Waals surface area (Å²) < 4.78 is 0. The minimum Gasteiger partial charge on any atom is -0.349 e. The van der Waals surface area contributed by atoms with Crippen LogP contribution in [0.15, 0.2) is 66.7 Å². The molecule has 192 valence electrons. The summed E-state index contributed by atoms with van der Waals surface area (Å²) in [6, 6.07) is 22.2. The monoisotopic (exact) mass is 496 g/mol. The second kappa shape index (κ2) is 11.3. The summed E-state index contributed by atoms with van der Waals surface area (Å²) in [5.41, 5.74) is 6.78. The summed E-state index contributed by atoms with van der Waals surface area (Å²) in [4.78, 5) is 30.1. The van der Waals surface area contributed by atoms with Gasteiger partial charge in [0.25, 0.3) is 11.8 Å². The number of likely N-dealkylation sites (N-methyl/N-ethyl adjacent to an activating group) is 1. The van der Waals surface area contributed by atoms with E-state index in [1.165, 1.54) is 5.56 Å². The zero-order chi connectivity index (χ0) is 25.8. The molecule has 0 spiro atoms. The van der Waals surface area contributed by atoms with Crippen LogP contribution in [0.1, 0.15) is 50.2 Å². The molecule has 0 radical (unpaired) electrons. The molecule has 1 aliphatic carbocycles. The van der Waals surface area contributed by atoms with E-state index in [1.807, 2.05) is 49.4 Å². The van der Waals surface area contributed by atoms with E-state index in [-0.39, 0.29) is 11.8 Å². The van der Waals surface area contributed by atoms with Gasteiger partial charge in [-0.1, -0.05) is 42.5 Å². The Morgan fingerprint density at radius 3 is 2.14 bits per heavy atom. The van der Waals surface area contributed by atoms with Crippen LogP contribution in [0.25, 0.3) is 11.1 Å². The summed E-state index contributed by atoms with van der Waals surface area (Å²) in [6.45, 7) is 7.95. The third kappa shape index (κ3) is 6.64. The number of aryl methyl sites for hydroxylation is 1. The molecule has 6 heteroatoms. The number of amides is 2. The Kier molecular flexibility index (Phi) is 7.68. The van der Waals surface area contributed by atoms with E-state index in [4.69, 9.17) is 0 Å². The largest absolute Gasteiger partial charge is 0.349 e. The van der Waals surface area contributed by atoms with Crippen molar-refractivity contribution in [2.45, 2.75) is 38.9 Å². The third-order valence-electron chi connectivity index (χ3n) is 7.35. The number of nitrogens with one attached hydrogen (secondary N) is 2. The molecule has 0 atom stereocenters. The zero-order valence-electron chi connectivity index (χ0n) is 21.8. The van der Waals surface area contributed by atoms with Gasteiger partial charge < -0.3 is 15.5 Å². The fourth-order valence-corrected chi connectivity index (χ4v) is 4.68. The van der Waals surface area contributed by atoms with E-state index in [2.05, 4.69) is 51.7 Å². The molecule has 37 heavy (non-hydrogen) atoms. The van der Waals surface area contributed by atoms with Crippen molar-refractivity contribution in [1.82, 2.24) is 20.4 Å². The molecule has 0 unspecified atom stereocenters. The molecular formula is C31H36N4O2. The standard InChI is InChI=1S/C31H36N4O2/c1-22-3-8-27(31(37)33-28-13-14-28)19-29(22)25-9-11-26(12-10-25)30(36)32-20-23-4-6-24(7-5-23)21-35-17-15-34(2)16-18-35/h3-12,19,28H,13-18,20-21H2,1-2H3,(H,32,36)(H,33,37). The molecule has 2 aliphatic rings. The van der Waals surface area contributed by atoms with Crippen molar-refractivity contribution >= 4 is 11.8 Å². The quantitative estimate of drug-likeness (QED) is 0.490. The van der Waals surface area contributed by atoms with Gasteiger partial charge in [-0.2, -0.15) is 0 Å². The van der Waals surface area contributed by atoms with Crippen LogP contribution < -0.4 is 10.6 Å². The molecule has 5 rings (SSSR count). The highest BCUT2D eigenvalue weighted by molar-refractivity contribution is 5.97. The van der Waals surface area contributed by atoms with Crippen LogP contribution in [-0.2, 0) is 13.1 Å². The molecule has 0 aromatic heterocycles. The van der Waals surface area contributed by atoms with E-state index in [1.54, 1.807) is 0 Å². The van der Waals surface area contributed by atoms with Crippen LogP contribution in [0, 0.1) is 6.92 Å². The first-order valence-corrected chi connectivity index (χ1v) is 13.2. The molecule has 1 heterocycles. The molecule has 3 aromatic rings. The Balaban J connectivity index is 1.16. The Morgan fingerprint density at radius 2 is 1.46 bits per heavy atom. The first kappa shape index (κ1) is 25.2. The van der Waals surface area contributed by atoms with Gasteiger partial charge in [0.1, 0.15) is 0 Å². The van der Waals surface area contributed by atoms with Crippen molar-refractivity contribution in [2.75, 3.05) is 33.2 Å². The number of carbonyl (C=O) groups is 2. The first-order chi connectivity index (χ1) is 17.9. The van der Waals surface area contributed by atoms with Crippen LogP contribution >= 0.6 is 0 Å².